The molecule has 0 saturated heterocycles. The Bertz CT molecular complexity index is 366. The SMILES string of the molecule is COC(=O)[C@H](N)Cc1cc(F)ccc1C. The molecule has 0 aliphatic rings. The molecule has 1 aromatic carbocycles. The van der Waals surface area contributed by atoms with E-state index in [1.54, 1.807) is 6.07 Å². The number of carbonyl (C=O) groups excluding carboxylic acids is 1. The number of ether oxygens (including phenoxy) is 1. The number of hydrogen-bond donors (Lipinski definition) is 1. The monoisotopic (exact) mass is 211 g/mol. The van der Waals surface area contributed by atoms with Crippen LogP contribution < -0.4 is 5.73 Å². The molecule has 0 saturated carbocycles. The Labute approximate surface area is 88.0 Å². The first kappa shape index (κ1) is 11.7. The van der Waals surface area contributed by atoms with Gasteiger partial charge in [-0.05, 0) is 36.6 Å². The Hall–Kier alpha value is -1.42. The fourth-order valence-electron chi connectivity index (χ4n) is 1.33. The fourth-order valence-corrected chi connectivity index (χ4v) is 1.33. The number of aryl methyl sites for hydroxylation is 1. The van der Waals surface area contributed by atoms with E-state index < -0.39 is 12.0 Å². The highest BCUT2D eigenvalue weighted by Crippen LogP contribution is 2.12. The molecule has 1 atom stereocenters. The largest absolute Gasteiger partial charge is 0.468 e. The van der Waals surface area contributed by atoms with E-state index >= 15 is 0 Å². The number of methoxy groups -OCH3 is 1. The molecule has 3 nitrogen and oxygen atoms in total. The van der Waals surface area contributed by atoms with Gasteiger partial charge in [0, 0.05) is 0 Å². The Morgan fingerprint density at radius 1 is 1.60 bits per heavy atom. The lowest BCUT2D eigenvalue weighted by atomic mass is 10.0. The summed E-state index contributed by atoms with van der Waals surface area (Å²) < 4.78 is 17.4. The van der Waals surface area contributed by atoms with Gasteiger partial charge in [-0.3, -0.25) is 4.79 Å². The zero-order valence-corrected chi connectivity index (χ0v) is 8.79. The fraction of sp³-hybridized carbons (Fsp3) is 0.364. The molecule has 0 aliphatic heterocycles. The maximum absolute atomic E-state index is 12.9. The van der Waals surface area contributed by atoms with Crippen LogP contribution in [0.5, 0.6) is 0 Å². The second kappa shape index (κ2) is 4.89. The molecule has 0 heterocycles. The van der Waals surface area contributed by atoms with Crippen LogP contribution >= 0.6 is 0 Å². The first-order chi connectivity index (χ1) is 7.04. The second-order valence-corrected chi connectivity index (χ2v) is 3.40. The summed E-state index contributed by atoms with van der Waals surface area (Å²) in [7, 11) is 1.28. The molecular weight excluding hydrogens is 197 g/mol. The third-order valence-electron chi connectivity index (χ3n) is 2.25. The van der Waals surface area contributed by atoms with Gasteiger partial charge < -0.3 is 10.5 Å². The van der Waals surface area contributed by atoms with Crippen LogP contribution in [-0.2, 0) is 16.0 Å². The van der Waals surface area contributed by atoms with Crippen molar-refractivity contribution in [1.82, 2.24) is 0 Å². The van der Waals surface area contributed by atoms with Gasteiger partial charge in [0.1, 0.15) is 11.9 Å². The van der Waals surface area contributed by atoms with Gasteiger partial charge in [-0.15, -0.1) is 0 Å². The van der Waals surface area contributed by atoms with E-state index in [9.17, 15) is 9.18 Å². The first-order valence-electron chi connectivity index (χ1n) is 4.63. The Kier molecular flexibility index (Phi) is 3.80. The molecule has 0 fully saturated rings. The van der Waals surface area contributed by atoms with Gasteiger partial charge >= 0.3 is 5.97 Å². The summed E-state index contributed by atoms with van der Waals surface area (Å²) in [6.07, 6.45) is 0.288. The highest BCUT2D eigenvalue weighted by molar-refractivity contribution is 5.75. The number of hydrogen-bond acceptors (Lipinski definition) is 3. The van der Waals surface area contributed by atoms with Gasteiger partial charge in [-0.25, -0.2) is 4.39 Å². The molecule has 82 valence electrons. The summed E-state index contributed by atoms with van der Waals surface area (Å²) in [6.45, 7) is 1.85. The highest BCUT2D eigenvalue weighted by atomic mass is 19.1. The molecule has 0 unspecified atom stereocenters. The predicted molar refractivity (Wildman–Crippen MR) is 54.8 cm³/mol. The zero-order chi connectivity index (χ0) is 11.4. The molecule has 15 heavy (non-hydrogen) atoms. The number of rotatable bonds is 3. The average Bonchev–Trinajstić information content (AvgIpc) is 2.22. The van der Waals surface area contributed by atoms with Gasteiger partial charge in [0.15, 0.2) is 0 Å². The van der Waals surface area contributed by atoms with Gasteiger partial charge in [-0.1, -0.05) is 6.07 Å². The maximum atomic E-state index is 12.9. The van der Waals surface area contributed by atoms with Crippen LogP contribution in [0.4, 0.5) is 4.39 Å². The van der Waals surface area contributed by atoms with Crippen molar-refractivity contribution >= 4 is 5.97 Å². The average molecular weight is 211 g/mol. The van der Waals surface area contributed by atoms with Gasteiger partial charge in [-0.2, -0.15) is 0 Å². The van der Waals surface area contributed by atoms with E-state index in [-0.39, 0.29) is 12.2 Å². The molecule has 0 spiro atoms. The number of esters is 1. The molecule has 0 aliphatic carbocycles. The maximum Gasteiger partial charge on any atom is 0.322 e. The van der Waals surface area contributed by atoms with Crippen molar-refractivity contribution in [2.75, 3.05) is 7.11 Å². The van der Waals surface area contributed by atoms with Crippen LogP contribution in [0, 0.1) is 12.7 Å². The lowest BCUT2D eigenvalue weighted by molar-refractivity contribution is -0.142. The molecule has 0 radical (unpaired) electrons. The molecule has 1 rings (SSSR count). The van der Waals surface area contributed by atoms with Crippen molar-refractivity contribution in [2.24, 2.45) is 5.73 Å². The van der Waals surface area contributed by atoms with E-state index in [4.69, 9.17) is 5.73 Å². The topological polar surface area (TPSA) is 52.3 Å². The predicted octanol–water partition coefficient (Wildman–Crippen LogP) is 1.18. The third kappa shape index (κ3) is 3.02. The Morgan fingerprint density at radius 3 is 2.87 bits per heavy atom. The van der Waals surface area contributed by atoms with Crippen LogP contribution in [-0.4, -0.2) is 19.1 Å². The van der Waals surface area contributed by atoms with Crippen molar-refractivity contribution in [3.05, 3.63) is 35.1 Å². The van der Waals surface area contributed by atoms with E-state index in [2.05, 4.69) is 4.74 Å². The van der Waals surface area contributed by atoms with Crippen molar-refractivity contribution in [3.8, 4) is 0 Å². The minimum absolute atomic E-state index is 0.288. The van der Waals surface area contributed by atoms with Crippen LogP contribution in [0.2, 0.25) is 0 Å². The molecule has 1 aromatic rings. The van der Waals surface area contributed by atoms with Crippen molar-refractivity contribution < 1.29 is 13.9 Å². The lowest BCUT2D eigenvalue weighted by Gasteiger charge is -2.11. The Morgan fingerprint density at radius 2 is 2.27 bits per heavy atom. The normalized spacial score (nSPS) is 12.3. The quantitative estimate of drug-likeness (QED) is 0.764. The molecule has 4 heteroatoms. The summed E-state index contributed by atoms with van der Waals surface area (Å²) >= 11 is 0. The number of benzene rings is 1. The summed E-state index contributed by atoms with van der Waals surface area (Å²) in [4.78, 5) is 11.1. The second-order valence-electron chi connectivity index (χ2n) is 3.40. The van der Waals surface area contributed by atoms with Crippen LogP contribution in [0.15, 0.2) is 18.2 Å². The van der Waals surface area contributed by atoms with Gasteiger partial charge in [0.25, 0.3) is 0 Å². The van der Waals surface area contributed by atoms with Crippen molar-refractivity contribution in [2.45, 2.75) is 19.4 Å². The van der Waals surface area contributed by atoms with E-state index in [1.807, 2.05) is 6.92 Å². The summed E-state index contributed by atoms with van der Waals surface area (Å²) in [5.74, 6) is -0.814. The minimum atomic E-state index is -0.740. The van der Waals surface area contributed by atoms with Crippen LogP contribution in [0.3, 0.4) is 0 Å². The third-order valence-corrected chi connectivity index (χ3v) is 2.25. The molecular formula is C11H14FNO2. The van der Waals surface area contributed by atoms with Crippen molar-refractivity contribution in [3.63, 3.8) is 0 Å². The summed E-state index contributed by atoms with van der Waals surface area (Å²) in [5.41, 5.74) is 7.22. The minimum Gasteiger partial charge on any atom is -0.468 e. The number of nitrogens with two attached hydrogens (primary N) is 1. The molecule has 2 N–H and O–H groups in total. The molecule has 0 bridgehead atoms. The smallest absolute Gasteiger partial charge is 0.322 e. The lowest BCUT2D eigenvalue weighted by Crippen LogP contribution is -2.33. The van der Waals surface area contributed by atoms with Gasteiger partial charge in [0.2, 0.25) is 0 Å². The zero-order valence-electron chi connectivity index (χ0n) is 8.79. The van der Waals surface area contributed by atoms with Crippen molar-refractivity contribution in [1.29, 1.82) is 0 Å². The van der Waals surface area contributed by atoms with E-state index in [0.717, 1.165) is 11.1 Å². The van der Waals surface area contributed by atoms with Crippen LogP contribution in [0.25, 0.3) is 0 Å². The molecule has 0 amide bonds. The molecule has 0 aromatic heterocycles. The van der Waals surface area contributed by atoms with Gasteiger partial charge in [0.05, 0.1) is 7.11 Å². The number of halogens is 1. The summed E-state index contributed by atoms with van der Waals surface area (Å²) in [6, 6.07) is 3.69. The Balaban J connectivity index is 2.80. The summed E-state index contributed by atoms with van der Waals surface area (Å²) in [5, 5.41) is 0. The standard InChI is InChI=1S/C11H14FNO2/c1-7-3-4-9(12)5-8(7)6-10(13)11(14)15-2/h3-5,10H,6,13H2,1-2H3/t10-/m1/s1. The van der Waals surface area contributed by atoms with E-state index in [1.165, 1.54) is 19.2 Å². The van der Waals surface area contributed by atoms with E-state index in [0.29, 0.717) is 0 Å². The van der Waals surface area contributed by atoms with Crippen LogP contribution in [0.1, 0.15) is 11.1 Å². The number of carbonyl (C=O) groups is 1. The highest BCUT2D eigenvalue weighted by Gasteiger charge is 2.15. The first-order valence-corrected chi connectivity index (χ1v) is 4.63.